The summed E-state index contributed by atoms with van der Waals surface area (Å²) in [4.78, 5) is 0. The van der Waals surface area contributed by atoms with Crippen LogP contribution in [0.5, 0.6) is 0 Å². The topological polar surface area (TPSA) is 36.9 Å². The molecule has 0 bridgehead atoms. The molecular formula is C24H28O4. The summed E-state index contributed by atoms with van der Waals surface area (Å²) in [6.45, 7) is 9.90. The zero-order valence-electron chi connectivity index (χ0n) is 17.1. The summed E-state index contributed by atoms with van der Waals surface area (Å²) in [7, 11) is 0. The summed E-state index contributed by atoms with van der Waals surface area (Å²) in [6, 6.07) is 12.0. The van der Waals surface area contributed by atoms with Gasteiger partial charge in [0.1, 0.15) is 0 Å². The molecule has 0 aliphatic rings. The quantitative estimate of drug-likeness (QED) is 0.504. The van der Waals surface area contributed by atoms with Crippen LogP contribution < -0.4 is 0 Å². The van der Waals surface area contributed by atoms with Crippen LogP contribution in [0.4, 0.5) is 0 Å². The highest BCUT2D eigenvalue weighted by Gasteiger charge is 2.06. The fraction of sp³-hybridized carbons (Fsp3) is 0.417. The third-order valence-electron chi connectivity index (χ3n) is 3.85. The van der Waals surface area contributed by atoms with E-state index in [1.165, 1.54) is 0 Å². The predicted molar refractivity (Wildman–Crippen MR) is 112 cm³/mol. The largest absolute Gasteiger partial charge is 0.342 e. The predicted octanol–water partition coefficient (Wildman–Crippen LogP) is 4.34. The molecule has 0 aliphatic heterocycles. The van der Waals surface area contributed by atoms with Crippen molar-refractivity contribution < 1.29 is 18.9 Å². The third kappa shape index (κ3) is 6.37. The van der Waals surface area contributed by atoms with Crippen LogP contribution >= 0.6 is 0 Å². The Morgan fingerprint density at radius 3 is 1.29 bits per heavy atom. The van der Waals surface area contributed by atoms with E-state index < -0.39 is 12.6 Å². The summed E-state index contributed by atoms with van der Waals surface area (Å²) in [5, 5.41) is 2.08. The van der Waals surface area contributed by atoms with Crippen LogP contribution in [-0.2, 0) is 18.9 Å². The average Bonchev–Trinajstić information content (AvgIpc) is 2.71. The van der Waals surface area contributed by atoms with Gasteiger partial charge >= 0.3 is 0 Å². The molecule has 0 spiro atoms. The van der Waals surface area contributed by atoms with E-state index in [2.05, 4.69) is 23.7 Å². The standard InChI is InChI=1S/C24H28O4/c1-5-25-23(26-6-2)17-15-19-13-14-20(22-12-10-9-11-21(19)22)16-18-24(27-7-3)28-8-4/h9-14,23-24H,5-8H2,1-4H3. The monoisotopic (exact) mass is 380 g/mol. The number of benzene rings is 2. The maximum absolute atomic E-state index is 5.50. The molecule has 0 saturated heterocycles. The Morgan fingerprint density at radius 2 is 0.964 bits per heavy atom. The maximum atomic E-state index is 5.50. The second-order valence-electron chi connectivity index (χ2n) is 5.73. The van der Waals surface area contributed by atoms with Crippen molar-refractivity contribution in [2.24, 2.45) is 0 Å². The van der Waals surface area contributed by atoms with E-state index >= 15 is 0 Å². The average molecular weight is 380 g/mol. The van der Waals surface area contributed by atoms with Gasteiger partial charge in [-0.25, -0.2) is 0 Å². The minimum Gasteiger partial charge on any atom is -0.342 e. The molecule has 0 heterocycles. The lowest BCUT2D eigenvalue weighted by molar-refractivity contribution is -0.0972. The molecule has 0 N–H and O–H groups in total. The molecule has 0 saturated carbocycles. The van der Waals surface area contributed by atoms with E-state index in [-0.39, 0.29) is 0 Å². The zero-order chi connectivity index (χ0) is 20.2. The molecule has 4 heteroatoms. The fourth-order valence-corrected chi connectivity index (χ4v) is 2.66. The molecular weight excluding hydrogens is 352 g/mol. The van der Waals surface area contributed by atoms with Crippen LogP contribution in [0.1, 0.15) is 38.8 Å². The van der Waals surface area contributed by atoms with E-state index in [1.807, 2.05) is 64.1 Å². The second-order valence-corrected chi connectivity index (χ2v) is 5.73. The lowest BCUT2D eigenvalue weighted by Crippen LogP contribution is -2.14. The minimum absolute atomic E-state index is 0.522. The van der Waals surface area contributed by atoms with Crippen molar-refractivity contribution in [1.29, 1.82) is 0 Å². The van der Waals surface area contributed by atoms with E-state index in [0.29, 0.717) is 26.4 Å². The van der Waals surface area contributed by atoms with Crippen molar-refractivity contribution in [3.63, 3.8) is 0 Å². The van der Waals surface area contributed by atoms with Gasteiger partial charge in [-0.05, 0) is 62.4 Å². The van der Waals surface area contributed by atoms with E-state index in [0.717, 1.165) is 21.9 Å². The normalized spacial score (nSPS) is 10.6. The van der Waals surface area contributed by atoms with Crippen molar-refractivity contribution in [1.82, 2.24) is 0 Å². The van der Waals surface area contributed by atoms with E-state index in [1.54, 1.807) is 0 Å². The first-order chi connectivity index (χ1) is 13.7. The summed E-state index contributed by atoms with van der Waals surface area (Å²) in [6.07, 6.45) is -1.04. The van der Waals surface area contributed by atoms with Gasteiger partial charge in [0, 0.05) is 37.6 Å². The highest BCUT2D eigenvalue weighted by atomic mass is 16.7. The molecule has 0 radical (unpaired) electrons. The molecule has 2 aromatic carbocycles. The van der Waals surface area contributed by atoms with E-state index in [9.17, 15) is 0 Å². The molecule has 148 valence electrons. The Bertz CT molecular complexity index is 782. The number of hydrogen-bond acceptors (Lipinski definition) is 4. The van der Waals surface area contributed by atoms with Gasteiger partial charge in [0.15, 0.2) is 0 Å². The zero-order valence-corrected chi connectivity index (χ0v) is 17.1. The lowest BCUT2D eigenvalue weighted by Gasteiger charge is -2.10. The van der Waals surface area contributed by atoms with Crippen molar-refractivity contribution in [2.45, 2.75) is 40.3 Å². The van der Waals surface area contributed by atoms with Crippen molar-refractivity contribution in [2.75, 3.05) is 26.4 Å². The van der Waals surface area contributed by atoms with Crippen molar-refractivity contribution >= 4 is 10.8 Å². The first-order valence-electron chi connectivity index (χ1n) is 9.74. The van der Waals surface area contributed by atoms with Gasteiger partial charge in [-0.3, -0.25) is 0 Å². The minimum atomic E-state index is -0.522. The van der Waals surface area contributed by atoms with Crippen LogP contribution in [0.15, 0.2) is 36.4 Å². The Morgan fingerprint density at radius 1 is 0.607 bits per heavy atom. The lowest BCUT2D eigenvalue weighted by atomic mass is 10.00. The Balaban J connectivity index is 2.38. The molecule has 2 rings (SSSR count). The maximum Gasteiger partial charge on any atom is 0.222 e. The summed E-state index contributed by atoms with van der Waals surface area (Å²) < 4.78 is 22.0. The Labute approximate surface area is 168 Å². The molecule has 0 atom stereocenters. The van der Waals surface area contributed by atoms with Crippen LogP contribution in [0.2, 0.25) is 0 Å². The molecule has 28 heavy (non-hydrogen) atoms. The van der Waals surface area contributed by atoms with Crippen LogP contribution in [-0.4, -0.2) is 39.0 Å². The van der Waals surface area contributed by atoms with Crippen molar-refractivity contribution in [3.8, 4) is 23.7 Å². The van der Waals surface area contributed by atoms with E-state index in [4.69, 9.17) is 18.9 Å². The molecule has 0 amide bonds. The third-order valence-corrected chi connectivity index (χ3v) is 3.85. The highest BCUT2D eigenvalue weighted by molar-refractivity contribution is 5.92. The Hall–Kier alpha value is -2.34. The fourth-order valence-electron chi connectivity index (χ4n) is 2.66. The van der Waals surface area contributed by atoms with Gasteiger partial charge in [0.05, 0.1) is 0 Å². The first-order valence-corrected chi connectivity index (χ1v) is 9.74. The SMILES string of the molecule is CCOC(C#Cc1ccc(C#CC(OCC)OCC)c2ccccc12)OCC. The van der Waals surface area contributed by atoms with Crippen LogP contribution in [0.3, 0.4) is 0 Å². The van der Waals surface area contributed by atoms with Crippen LogP contribution in [0.25, 0.3) is 10.8 Å². The number of hydrogen-bond donors (Lipinski definition) is 0. The van der Waals surface area contributed by atoms with Crippen molar-refractivity contribution in [3.05, 3.63) is 47.5 Å². The van der Waals surface area contributed by atoms with Gasteiger partial charge in [-0.1, -0.05) is 36.1 Å². The van der Waals surface area contributed by atoms with Gasteiger partial charge in [-0.2, -0.15) is 0 Å². The smallest absolute Gasteiger partial charge is 0.222 e. The molecule has 0 aromatic heterocycles. The number of rotatable bonds is 8. The Kier molecular flexibility index (Phi) is 9.55. The van der Waals surface area contributed by atoms with Gasteiger partial charge in [-0.15, -0.1) is 0 Å². The molecule has 2 aromatic rings. The summed E-state index contributed by atoms with van der Waals surface area (Å²) in [5.74, 6) is 12.5. The summed E-state index contributed by atoms with van der Waals surface area (Å²) in [5.41, 5.74) is 1.83. The molecule has 0 fully saturated rings. The highest BCUT2D eigenvalue weighted by Crippen LogP contribution is 2.22. The van der Waals surface area contributed by atoms with Crippen LogP contribution in [0, 0.1) is 23.7 Å². The van der Waals surface area contributed by atoms with Gasteiger partial charge in [0.25, 0.3) is 0 Å². The number of fused-ring (bicyclic) bond motifs is 1. The molecule has 4 nitrogen and oxygen atoms in total. The first kappa shape index (κ1) is 22.0. The number of ether oxygens (including phenoxy) is 4. The van der Waals surface area contributed by atoms with Gasteiger partial charge < -0.3 is 18.9 Å². The summed E-state index contributed by atoms with van der Waals surface area (Å²) >= 11 is 0. The molecule has 0 unspecified atom stereocenters. The second kappa shape index (κ2) is 12.2. The van der Waals surface area contributed by atoms with Gasteiger partial charge in [0.2, 0.25) is 12.6 Å². The molecule has 0 aliphatic carbocycles.